The average Bonchev–Trinajstić information content (AvgIpc) is 2.99. The molecule has 3 heteroatoms. The number of benzene rings is 2. The molecule has 3 rings (SSSR count). The van der Waals surface area contributed by atoms with Gasteiger partial charge in [-0.2, -0.15) is 0 Å². The van der Waals surface area contributed by atoms with Crippen molar-refractivity contribution < 1.29 is 4.74 Å². The molecule has 3 N–H and O–H groups in total. The Morgan fingerprint density at radius 3 is 2.33 bits per heavy atom. The number of unbranched alkanes of at least 4 members (excludes halogenated alkanes) is 1. The van der Waals surface area contributed by atoms with E-state index >= 15 is 0 Å². The number of ether oxygens (including phenoxy) is 1. The predicted octanol–water partition coefficient (Wildman–Crippen LogP) is 4.74. The summed E-state index contributed by atoms with van der Waals surface area (Å²) in [4.78, 5) is 3.68. The first-order valence-electron chi connectivity index (χ1n) is 8.61. The summed E-state index contributed by atoms with van der Waals surface area (Å²) in [6.07, 6.45) is 3.21. The summed E-state index contributed by atoms with van der Waals surface area (Å²) in [6.45, 7) is 5.11. The van der Waals surface area contributed by atoms with Crippen molar-refractivity contribution in [2.75, 3.05) is 13.7 Å². The molecule has 3 aromatic rings. The number of hydrogen-bond donors (Lipinski definition) is 2. The Kier molecular flexibility index (Phi) is 4.91. The molecular formula is C21H26N2O. The van der Waals surface area contributed by atoms with Crippen LogP contribution < -0.4 is 10.5 Å². The lowest BCUT2D eigenvalue weighted by molar-refractivity contribution is 0.415. The smallest absolute Gasteiger partial charge is 0.118 e. The second-order valence-corrected chi connectivity index (χ2v) is 6.40. The van der Waals surface area contributed by atoms with Gasteiger partial charge in [-0.15, -0.1) is 0 Å². The van der Waals surface area contributed by atoms with E-state index in [-0.39, 0.29) is 0 Å². The summed E-state index contributed by atoms with van der Waals surface area (Å²) < 4.78 is 5.29. The lowest BCUT2D eigenvalue weighted by Gasteiger charge is -2.07. The topological polar surface area (TPSA) is 51.0 Å². The Labute approximate surface area is 143 Å². The third kappa shape index (κ3) is 3.04. The summed E-state index contributed by atoms with van der Waals surface area (Å²) in [6, 6.07) is 12.7. The molecule has 0 unspecified atom stereocenters. The molecule has 0 spiro atoms. The SMILES string of the molecule is COc1ccc(-c2[nH]c3c(C)ccc(C)c3c2CCCCN)cc1. The number of fused-ring (bicyclic) bond motifs is 1. The quantitative estimate of drug-likeness (QED) is 0.644. The molecule has 1 aromatic heterocycles. The standard InChI is InChI=1S/C21H26N2O/c1-14-7-8-15(2)20-19(14)18(6-4-5-13-22)21(23-20)16-9-11-17(24-3)12-10-16/h7-12,23H,4-6,13,22H2,1-3H3. The largest absolute Gasteiger partial charge is 0.497 e. The first-order chi connectivity index (χ1) is 11.7. The van der Waals surface area contributed by atoms with E-state index < -0.39 is 0 Å². The van der Waals surface area contributed by atoms with Crippen molar-refractivity contribution in [2.24, 2.45) is 5.73 Å². The zero-order valence-corrected chi connectivity index (χ0v) is 14.8. The van der Waals surface area contributed by atoms with Crippen molar-refractivity contribution in [1.82, 2.24) is 4.98 Å². The van der Waals surface area contributed by atoms with Gasteiger partial charge in [-0.05, 0) is 86.2 Å². The van der Waals surface area contributed by atoms with E-state index in [9.17, 15) is 0 Å². The molecule has 24 heavy (non-hydrogen) atoms. The van der Waals surface area contributed by atoms with Crippen molar-refractivity contribution in [2.45, 2.75) is 33.1 Å². The van der Waals surface area contributed by atoms with E-state index in [1.807, 2.05) is 12.1 Å². The van der Waals surface area contributed by atoms with Crippen molar-refractivity contribution in [3.8, 4) is 17.0 Å². The molecule has 126 valence electrons. The number of aromatic nitrogens is 1. The van der Waals surface area contributed by atoms with Crippen LogP contribution in [0.5, 0.6) is 5.75 Å². The lowest BCUT2D eigenvalue weighted by atomic mass is 9.97. The minimum atomic E-state index is 0.748. The van der Waals surface area contributed by atoms with Gasteiger partial charge in [0, 0.05) is 16.6 Å². The fraction of sp³-hybridized carbons (Fsp3) is 0.333. The molecule has 0 amide bonds. The van der Waals surface area contributed by atoms with E-state index in [4.69, 9.17) is 10.5 Å². The van der Waals surface area contributed by atoms with Gasteiger partial charge in [0.2, 0.25) is 0 Å². The Morgan fingerprint density at radius 2 is 1.67 bits per heavy atom. The Morgan fingerprint density at radius 1 is 0.958 bits per heavy atom. The van der Waals surface area contributed by atoms with Gasteiger partial charge in [0.1, 0.15) is 5.75 Å². The first-order valence-corrected chi connectivity index (χ1v) is 8.61. The van der Waals surface area contributed by atoms with Crippen molar-refractivity contribution >= 4 is 10.9 Å². The van der Waals surface area contributed by atoms with Gasteiger partial charge in [-0.1, -0.05) is 12.1 Å². The van der Waals surface area contributed by atoms with Gasteiger partial charge in [-0.25, -0.2) is 0 Å². The summed E-state index contributed by atoms with van der Waals surface area (Å²) in [5.74, 6) is 0.881. The molecule has 0 saturated heterocycles. The van der Waals surface area contributed by atoms with Crippen LogP contribution in [0.2, 0.25) is 0 Å². The minimum Gasteiger partial charge on any atom is -0.497 e. The first kappa shape index (κ1) is 16.6. The molecule has 3 nitrogen and oxygen atoms in total. The van der Waals surface area contributed by atoms with E-state index in [1.165, 1.54) is 38.9 Å². The highest BCUT2D eigenvalue weighted by molar-refractivity contribution is 5.95. The highest BCUT2D eigenvalue weighted by Crippen LogP contribution is 2.35. The van der Waals surface area contributed by atoms with Crippen LogP contribution in [0.4, 0.5) is 0 Å². The predicted molar refractivity (Wildman–Crippen MR) is 102 cm³/mol. The zero-order chi connectivity index (χ0) is 17.1. The molecule has 0 saturated carbocycles. The Balaban J connectivity index is 2.15. The Hall–Kier alpha value is -2.26. The zero-order valence-electron chi connectivity index (χ0n) is 14.8. The Bertz CT molecular complexity index is 831. The van der Waals surface area contributed by atoms with Crippen molar-refractivity contribution in [3.05, 3.63) is 53.1 Å². The molecule has 0 aliphatic heterocycles. The van der Waals surface area contributed by atoms with Gasteiger partial charge in [0.25, 0.3) is 0 Å². The van der Waals surface area contributed by atoms with Crippen LogP contribution in [0.25, 0.3) is 22.2 Å². The van der Waals surface area contributed by atoms with Crippen LogP contribution in [0.15, 0.2) is 36.4 Å². The van der Waals surface area contributed by atoms with Gasteiger partial charge in [-0.3, -0.25) is 0 Å². The maximum atomic E-state index is 5.69. The van der Waals surface area contributed by atoms with E-state index in [0.717, 1.165) is 31.6 Å². The van der Waals surface area contributed by atoms with E-state index in [0.29, 0.717) is 0 Å². The third-order valence-corrected chi connectivity index (χ3v) is 4.74. The fourth-order valence-electron chi connectivity index (χ4n) is 3.39. The third-order valence-electron chi connectivity index (χ3n) is 4.74. The molecule has 0 fully saturated rings. The fourth-order valence-corrected chi connectivity index (χ4v) is 3.39. The molecule has 0 aliphatic carbocycles. The molecule has 0 atom stereocenters. The number of nitrogens with two attached hydrogens (primary N) is 1. The number of H-pyrrole nitrogens is 1. The number of rotatable bonds is 6. The van der Waals surface area contributed by atoms with Gasteiger partial charge in [0.05, 0.1) is 7.11 Å². The summed E-state index contributed by atoms with van der Waals surface area (Å²) in [5, 5.41) is 1.37. The maximum absolute atomic E-state index is 5.69. The van der Waals surface area contributed by atoms with Gasteiger partial charge < -0.3 is 15.5 Å². The normalized spacial score (nSPS) is 11.2. The van der Waals surface area contributed by atoms with Gasteiger partial charge in [0.15, 0.2) is 0 Å². The number of nitrogens with one attached hydrogen (secondary N) is 1. The van der Waals surface area contributed by atoms with Crippen LogP contribution in [-0.4, -0.2) is 18.6 Å². The molecular weight excluding hydrogens is 296 g/mol. The van der Waals surface area contributed by atoms with Crippen molar-refractivity contribution in [3.63, 3.8) is 0 Å². The van der Waals surface area contributed by atoms with Crippen LogP contribution >= 0.6 is 0 Å². The van der Waals surface area contributed by atoms with E-state index in [2.05, 4.69) is 43.1 Å². The molecule has 0 aliphatic rings. The maximum Gasteiger partial charge on any atom is 0.118 e. The summed E-state index contributed by atoms with van der Waals surface area (Å²) >= 11 is 0. The summed E-state index contributed by atoms with van der Waals surface area (Å²) in [5.41, 5.74) is 13.4. The second-order valence-electron chi connectivity index (χ2n) is 6.40. The molecule has 0 bridgehead atoms. The highest BCUT2D eigenvalue weighted by Gasteiger charge is 2.16. The molecule has 1 heterocycles. The van der Waals surface area contributed by atoms with Crippen LogP contribution in [0, 0.1) is 13.8 Å². The van der Waals surface area contributed by atoms with Crippen LogP contribution in [0.1, 0.15) is 29.5 Å². The lowest BCUT2D eigenvalue weighted by Crippen LogP contribution is -1.99. The van der Waals surface area contributed by atoms with Crippen molar-refractivity contribution in [1.29, 1.82) is 0 Å². The number of aryl methyl sites for hydroxylation is 3. The van der Waals surface area contributed by atoms with Gasteiger partial charge >= 0.3 is 0 Å². The summed E-state index contributed by atoms with van der Waals surface area (Å²) in [7, 11) is 1.70. The monoisotopic (exact) mass is 322 g/mol. The molecule has 2 aromatic carbocycles. The van der Waals surface area contributed by atoms with Crippen LogP contribution in [0.3, 0.4) is 0 Å². The number of methoxy groups -OCH3 is 1. The number of aromatic amines is 1. The van der Waals surface area contributed by atoms with E-state index in [1.54, 1.807) is 7.11 Å². The van der Waals surface area contributed by atoms with Crippen LogP contribution in [-0.2, 0) is 6.42 Å². The highest BCUT2D eigenvalue weighted by atomic mass is 16.5. The molecule has 0 radical (unpaired) electrons. The second kappa shape index (κ2) is 7.10. The average molecular weight is 322 g/mol. The number of hydrogen-bond acceptors (Lipinski definition) is 2. The minimum absolute atomic E-state index is 0.748.